The zero-order valence-electron chi connectivity index (χ0n) is 21.3. The van der Waals surface area contributed by atoms with Crippen LogP contribution in [0.4, 0.5) is 5.69 Å². The molecule has 0 saturated carbocycles. The maximum Gasteiger partial charge on any atom is 0.358 e. The van der Waals surface area contributed by atoms with Crippen LogP contribution in [-0.4, -0.2) is 64.7 Å². The van der Waals surface area contributed by atoms with Gasteiger partial charge in [0.25, 0.3) is 0 Å². The highest BCUT2D eigenvalue weighted by atomic mass is 16.5. The number of benzene rings is 2. The zero-order chi connectivity index (χ0) is 26.1. The molecule has 0 N–H and O–H groups in total. The molecule has 0 unspecified atom stereocenters. The molecule has 192 valence electrons. The minimum Gasteiger partial charge on any atom is -0.485 e. The summed E-state index contributed by atoms with van der Waals surface area (Å²) in [6.45, 7) is 7.09. The van der Waals surface area contributed by atoms with E-state index in [1.807, 2.05) is 34.9 Å². The summed E-state index contributed by atoms with van der Waals surface area (Å²) < 4.78 is 13.2. The summed E-state index contributed by atoms with van der Waals surface area (Å²) in [5, 5.41) is 10.2. The highest BCUT2D eigenvalue weighted by molar-refractivity contribution is 5.92. The Hall–Kier alpha value is -4.42. The average Bonchev–Trinajstić information content (AvgIpc) is 3.41. The largest absolute Gasteiger partial charge is 0.485 e. The molecule has 0 radical (unpaired) electrons. The van der Waals surface area contributed by atoms with Crippen molar-refractivity contribution in [3.63, 3.8) is 0 Å². The first kappa shape index (κ1) is 23.9. The number of fused-ring (bicyclic) bond motifs is 4. The van der Waals surface area contributed by atoms with Gasteiger partial charge >= 0.3 is 5.97 Å². The molecule has 1 saturated heterocycles. The lowest BCUT2D eigenvalue weighted by molar-refractivity contribution is 0.0516. The van der Waals surface area contributed by atoms with Crippen molar-refractivity contribution in [2.45, 2.75) is 20.0 Å². The second kappa shape index (κ2) is 10.1. The van der Waals surface area contributed by atoms with Crippen molar-refractivity contribution in [1.82, 2.24) is 19.4 Å². The van der Waals surface area contributed by atoms with Gasteiger partial charge in [-0.2, -0.15) is 5.26 Å². The van der Waals surface area contributed by atoms with Gasteiger partial charge in [0.15, 0.2) is 5.69 Å². The third-order valence-corrected chi connectivity index (χ3v) is 7.26. The number of nitriles is 1. The van der Waals surface area contributed by atoms with Crippen molar-refractivity contribution < 1.29 is 14.3 Å². The molecule has 0 atom stereocenters. The molecule has 2 aromatic carbocycles. The molecule has 2 aromatic heterocycles. The number of esters is 1. The summed E-state index contributed by atoms with van der Waals surface area (Å²) >= 11 is 0. The Bertz CT molecular complexity index is 1550. The van der Waals surface area contributed by atoms with Crippen molar-refractivity contribution >= 4 is 22.6 Å². The van der Waals surface area contributed by atoms with E-state index in [1.165, 1.54) is 5.69 Å². The zero-order valence-corrected chi connectivity index (χ0v) is 21.3. The van der Waals surface area contributed by atoms with Crippen molar-refractivity contribution in [3.8, 4) is 17.5 Å². The monoisotopic (exact) mass is 508 g/mol. The lowest BCUT2D eigenvalue weighted by atomic mass is 10.1. The highest BCUT2D eigenvalue weighted by Gasteiger charge is 2.27. The van der Waals surface area contributed by atoms with E-state index in [4.69, 9.17) is 14.7 Å². The molecular weight excluding hydrogens is 480 g/mol. The van der Waals surface area contributed by atoms with Crippen LogP contribution in [0.15, 0.2) is 54.9 Å². The van der Waals surface area contributed by atoms with Gasteiger partial charge in [0.05, 0.1) is 23.5 Å². The van der Waals surface area contributed by atoms with E-state index in [1.54, 1.807) is 19.3 Å². The van der Waals surface area contributed by atoms with Crippen molar-refractivity contribution in [2.75, 3.05) is 44.2 Å². The van der Waals surface area contributed by atoms with E-state index in [0.717, 1.165) is 72.7 Å². The van der Waals surface area contributed by atoms with Crippen LogP contribution >= 0.6 is 0 Å². The first-order chi connectivity index (χ1) is 18.7. The number of aromatic nitrogens is 3. The van der Waals surface area contributed by atoms with E-state index in [9.17, 15) is 4.79 Å². The predicted octanol–water partition coefficient (Wildman–Crippen LogP) is 3.73. The standard InChI is InChI=1S/C29H28N6O3/c1-2-37-29(36)27-26-18-38-28-20(5-3-8-25(28)35(26)19-31-27)11-12-33-13-15-34(16-14-33)24-7-4-6-23-22(24)10-9-21(17-30)32-23/h3-10,19H,2,11-16,18H2,1H3. The number of hydrogen-bond donors (Lipinski definition) is 0. The smallest absolute Gasteiger partial charge is 0.358 e. The van der Waals surface area contributed by atoms with E-state index in [-0.39, 0.29) is 6.61 Å². The van der Waals surface area contributed by atoms with Crippen LogP contribution in [0.1, 0.15) is 34.4 Å². The number of nitrogens with zero attached hydrogens (tertiary/aromatic N) is 6. The fourth-order valence-corrected chi connectivity index (χ4v) is 5.32. The summed E-state index contributed by atoms with van der Waals surface area (Å²) in [5.74, 6) is 0.432. The quantitative estimate of drug-likeness (QED) is 0.364. The molecule has 9 heteroatoms. The Morgan fingerprint density at radius 3 is 2.71 bits per heavy atom. The molecule has 2 aliphatic heterocycles. The number of rotatable bonds is 6. The summed E-state index contributed by atoms with van der Waals surface area (Å²) in [6.07, 6.45) is 2.54. The van der Waals surface area contributed by atoms with Crippen LogP contribution < -0.4 is 9.64 Å². The number of pyridine rings is 1. The van der Waals surface area contributed by atoms with Crippen molar-refractivity contribution in [1.29, 1.82) is 5.26 Å². The summed E-state index contributed by atoms with van der Waals surface area (Å²) in [6, 6.07) is 18.2. The fourth-order valence-electron chi connectivity index (χ4n) is 5.32. The van der Waals surface area contributed by atoms with Crippen molar-refractivity contribution in [3.05, 3.63) is 77.5 Å². The number of hydrogen-bond acceptors (Lipinski definition) is 8. The van der Waals surface area contributed by atoms with Gasteiger partial charge in [-0.3, -0.25) is 9.47 Å². The van der Waals surface area contributed by atoms with Gasteiger partial charge in [-0.05, 0) is 49.2 Å². The van der Waals surface area contributed by atoms with Crippen LogP contribution in [0.3, 0.4) is 0 Å². The van der Waals surface area contributed by atoms with E-state index in [0.29, 0.717) is 18.0 Å². The third-order valence-electron chi connectivity index (χ3n) is 7.26. The number of ether oxygens (including phenoxy) is 2. The second-order valence-corrected chi connectivity index (χ2v) is 9.42. The maximum atomic E-state index is 12.3. The van der Waals surface area contributed by atoms with Crippen LogP contribution in [0.25, 0.3) is 16.6 Å². The van der Waals surface area contributed by atoms with Gasteiger partial charge in [-0.15, -0.1) is 0 Å². The topological polar surface area (TPSA) is 96.5 Å². The molecule has 6 rings (SSSR count). The van der Waals surface area contributed by atoms with Gasteiger partial charge in [0.1, 0.15) is 30.4 Å². The molecular formula is C29H28N6O3. The molecule has 1 fully saturated rings. The lowest BCUT2D eigenvalue weighted by Crippen LogP contribution is -2.47. The fraction of sp³-hybridized carbons (Fsp3) is 0.310. The molecule has 38 heavy (non-hydrogen) atoms. The van der Waals surface area contributed by atoms with Gasteiger partial charge in [0, 0.05) is 43.8 Å². The van der Waals surface area contributed by atoms with Crippen molar-refractivity contribution in [2.24, 2.45) is 0 Å². The maximum absolute atomic E-state index is 12.3. The molecule has 0 aliphatic carbocycles. The van der Waals surface area contributed by atoms with Gasteiger partial charge in [-0.1, -0.05) is 18.2 Å². The number of anilines is 1. The summed E-state index contributed by atoms with van der Waals surface area (Å²) in [4.78, 5) is 25.9. The van der Waals surface area contributed by atoms with E-state index >= 15 is 0 Å². The molecule has 4 heterocycles. The number of carbonyl (C=O) groups is 1. The number of para-hydroxylation sites is 1. The SMILES string of the molecule is CCOC(=O)c1ncn2c1COc1c(CCN3CCN(c4cccc5nc(C#N)ccc45)CC3)cccc1-2. The molecule has 0 amide bonds. The first-order valence-corrected chi connectivity index (χ1v) is 12.9. The number of carbonyl (C=O) groups excluding carboxylic acids is 1. The molecule has 0 bridgehead atoms. The van der Waals surface area contributed by atoms with Gasteiger partial charge in [0.2, 0.25) is 0 Å². The van der Waals surface area contributed by atoms with E-state index < -0.39 is 5.97 Å². The van der Waals surface area contributed by atoms with Gasteiger partial charge in [-0.25, -0.2) is 14.8 Å². The number of imidazole rings is 1. The van der Waals surface area contributed by atoms with Gasteiger partial charge < -0.3 is 14.4 Å². The Morgan fingerprint density at radius 1 is 1.08 bits per heavy atom. The van der Waals surface area contributed by atoms with E-state index in [2.05, 4.69) is 38.0 Å². The average molecular weight is 509 g/mol. The minimum absolute atomic E-state index is 0.284. The Kier molecular flexibility index (Phi) is 6.40. The normalized spacial score (nSPS) is 14.9. The highest BCUT2D eigenvalue weighted by Crippen LogP contribution is 2.35. The number of piperazine rings is 1. The van der Waals surface area contributed by atoms with Crippen LogP contribution in [0, 0.1) is 11.3 Å². The summed E-state index contributed by atoms with van der Waals surface area (Å²) in [5.41, 5.74) is 5.55. The second-order valence-electron chi connectivity index (χ2n) is 9.42. The van der Waals surface area contributed by atoms with Crippen LogP contribution in [0.5, 0.6) is 5.75 Å². The molecule has 0 spiro atoms. The molecule has 9 nitrogen and oxygen atoms in total. The third kappa shape index (κ3) is 4.33. The molecule has 4 aromatic rings. The Balaban J connectivity index is 1.12. The lowest BCUT2D eigenvalue weighted by Gasteiger charge is -2.36. The Labute approximate surface area is 220 Å². The minimum atomic E-state index is -0.421. The predicted molar refractivity (Wildman–Crippen MR) is 143 cm³/mol. The Morgan fingerprint density at radius 2 is 1.89 bits per heavy atom. The van der Waals surface area contributed by atoms with Crippen LogP contribution in [0.2, 0.25) is 0 Å². The molecule has 2 aliphatic rings. The van der Waals surface area contributed by atoms with Crippen LogP contribution in [-0.2, 0) is 17.8 Å². The first-order valence-electron chi connectivity index (χ1n) is 12.9. The summed E-state index contributed by atoms with van der Waals surface area (Å²) in [7, 11) is 0.